The van der Waals surface area contributed by atoms with Crippen LogP contribution >= 0.6 is 0 Å². The first-order chi connectivity index (χ1) is 13.3. The molecule has 4 nitrogen and oxygen atoms in total. The Balaban J connectivity index is 1.50. The topological polar surface area (TPSA) is 46.9 Å². The van der Waals surface area contributed by atoms with E-state index in [1.165, 1.54) is 4.68 Å². The molecule has 1 amide bonds. The van der Waals surface area contributed by atoms with Crippen LogP contribution in [0.5, 0.6) is 0 Å². The number of hydrogen-bond acceptors (Lipinski definition) is 2. The fraction of sp³-hybridized carbons (Fsp3) is 0.238. The predicted molar refractivity (Wildman–Crippen MR) is 101 cm³/mol. The number of benzene rings is 2. The zero-order chi connectivity index (χ0) is 20.1. The van der Waals surface area contributed by atoms with E-state index in [4.69, 9.17) is 0 Å². The average Bonchev–Trinajstić information content (AvgIpc) is 3.07. The minimum atomic E-state index is -4.45. The van der Waals surface area contributed by atoms with Gasteiger partial charge in [0.25, 0.3) is 5.91 Å². The minimum Gasteiger partial charge on any atom is -0.352 e. The van der Waals surface area contributed by atoms with Crippen LogP contribution in [0.25, 0.3) is 11.1 Å². The van der Waals surface area contributed by atoms with Gasteiger partial charge in [-0.3, -0.25) is 9.48 Å². The molecule has 28 heavy (non-hydrogen) atoms. The molecule has 2 aromatic carbocycles. The zero-order valence-corrected chi connectivity index (χ0v) is 15.3. The number of carbonyl (C=O) groups is 1. The fourth-order valence-corrected chi connectivity index (χ4v) is 2.85. The first-order valence-electron chi connectivity index (χ1n) is 8.90. The highest BCUT2D eigenvalue weighted by Gasteiger charge is 2.34. The van der Waals surface area contributed by atoms with E-state index in [0.29, 0.717) is 30.8 Å². The summed E-state index contributed by atoms with van der Waals surface area (Å²) in [6, 6.07) is 18.1. The van der Waals surface area contributed by atoms with Gasteiger partial charge in [0.05, 0.1) is 0 Å². The van der Waals surface area contributed by atoms with Crippen molar-refractivity contribution in [3.05, 3.63) is 77.6 Å². The molecule has 0 atom stereocenters. The molecule has 0 unspecified atom stereocenters. The molecule has 7 heteroatoms. The highest BCUT2D eigenvalue weighted by Crippen LogP contribution is 2.28. The lowest BCUT2D eigenvalue weighted by molar-refractivity contribution is -0.141. The van der Waals surface area contributed by atoms with Crippen molar-refractivity contribution in [3.8, 4) is 11.1 Å². The summed E-state index contributed by atoms with van der Waals surface area (Å²) in [7, 11) is 0. The normalized spacial score (nSPS) is 11.4. The highest BCUT2D eigenvalue weighted by atomic mass is 19.4. The number of rotatable bonds is 6. The van der Waals surface area contributed by atoms with Gasteiger partial charge >= 0.3 is 6.18 Å². The van der Waals surface area contributed by atoms with Crippen LogP contribution in [-0.2, 0) is 12.7 Å². The minimum absolute atomic E-state index is 0.215. The van der Waals surface area contributed by atoms with Crippen LogP contribution in [0, 0.1) is 6.92 Å². The molecule has 0 aliphatic rings. The van der Waals surface area contributed by atoms with E-state index in [1.807, 2.05) is 42.5 Å². The molecule has 0 spiro atoms. The van der Waals surface area contributed by atoms with Crippen molar-refractivity contribution < 1.29 is 18.0 Å². The molecule has 0 aliphatic heterocycles. The van der Waals surface area contributed by atoms with Gasteiger partial charge in [-0.2, -0.15) is 18.3 Å². The molecule has 0 saturated heterocycles. The van der Waals surface area contributed by atoms with E-state index >= 15 is 0 Å². The largest absolute Gasteiger partial charge is 0.435 e. The van der Waals surface area contributed by atoms with Crippen molar-refractivity contribution in [2.24, 2.45) is 0 Å². The number of nitrogens with one attached hydrogen (secondary N) is 1. The predicted octanol–water partition coefficient (Wildman–Crippen LogP) is 4.70. The number of hydrogen-bond donors (Lipinski definition) is 1. The van der Waals surface area contributed by atoms with Crippen molar-refractivity contribution in [1.82, 2.24) is 15.1 Å². The van der Waals surface area contributed by atoms with E-state index in [-0.39, 0.29) is 5.91 Å². The van der Waals surface area contributed by atoms with E-state index in [2.05, 4.69) is 10.4 Å². The molecule has 1 N–H and O–H groups in total. The number of halogens is 3. The second kappa shape index (κ2) is 8.29. The van der Waals surface area contributed by atoms with Crippen molar-refractivity contribution in [2.45, 2.75) is 26.1 Å². The molecule has 1 aromatic heterocycles. The summed E-state index contributed by atoms with van der Waals surface area (Å²) in [6.45, 7) is 2.23. The van der Waals surface area contributed by atoms with Gasteiger partial charge in [-0.15, -0.1) is 0 Å². The Kier molecular flexibility index (Phi) is 5.82. The molecule has 3 rings (SSSR count). The lowest BCUT2D eigenvalue weighted by atomic mass is 10.0. The Hall–Kier alpha value is -3.09. The Morgan fingerprint density at radius 1 is 1.04 bits per heavy atom. The Morgan fingerprint density at radius 2 is 1.68 bits per heavy atom. The van der Waals surface area contributed by atoms with Gasteiger partial charge in [-0.25, -0.2) is 0 Å². The van der Waals surface area contributed by atoms with Crippen molar-refractivity contribution in [1.29, 1.82) is 0 Å². The molecule has 146 valence electrons. The molecule has 0 bridgehead atoms. The number of carbonyl (C=O) groups excluding carboxylic acids is 1. The van der Waals surface area contributed by atoms with Crippen LogP contribution in [0.1, 0.15) is 28.2 Å². The molecule has 0 fully saturated rings. The van der Waals surface area contributed by atoms with Gasteiger partial charge in [0.1, 0.15) is 0 Å². The lowest BCUT2D eigenvalue weighted by Crippen LogP contribution is -2.25. The molecule has 3 aromatic rings. The third-order valence-corrected chi connectivity index (χ3v) is 4.36. The van der Waals surface area contributed by atoms with Gasteiger partial charge in [-0.1, -0.05) is 42.5 Å². The van der Waals surface area contributed by atoms with Crippen LogP contribution in [-0.4, -0.2) is 22.2 Å². The molecular formula is C21H20F3N3O. The lowest BCUT2D eigenvalue weighted by Gasteiger charge is -2.08. The first kappa shape index (κ1) is 19.7. The molecule has 0 radical (unpaired) electrons. The number of alkyl halides is 3. The summed E-state index contributed by atoms with van der Waals surface area (Å²) >= 11 is 0. The second-order valence-electron chi connectivity index (χ2n) is 6.44. The maximum atomic E-state index is 12.7. The Bertz CT molecular complexity index is 932. The van der Waals surface area contributed by atoms with E-state index in [9.17, 15) is 18.0 Å². The van der Waals surface area contributed by atoms with Gasteiger partial charge in [0.15, 0.2) is 5.69 Å². The van der Waals surface area contributed by atoms with Crippen LogP contribution in [0.2, 0.25) is 0 Å². The summed E-state index contributed by atoms with van der Waals surface area (Å²) in [6.07, 6.45) is -3.97. The van der Waals surface area contributed by atoms with Crippen molar-refractivity contribution in [2.75, 3.05) is 6.54 Å². The van der Waals surface area contributed by atoms with Gasteiger partial charge < -0.3 is 5.32 Å². The van der Waals surface area contributed by atoms with Crippen LogP contribution in [0.15, 0.2) is 60.7 Å². The Morgan fingerprint density at radius 3 is 2.29 bits per heavy atom. The van der Waals surface area contributed by atoms with Gasteiger partial charge in [0.2, 0.25) is 0 Å². The van der Waals surface area contributed by atoms with E-state index < -0.39 is 11.9 Å². The summed E-state index contributed by atoms with van der Waals surface area (Å²) < 4.78 is 39.3. The first-order valence-corrected chi connectivity index (χ1v) is 8.90. The smallest absolute Gasteiger partial charge is 0.352 e. The molecular weight excluding hydrogens is 367 g/mol. The fourth-order valence-electron chi connectivity index (χ4n) is 2.85. The third-order valence-electron chi connectivity index (χ3n) is 4.36. The summed E-state index contributed by atoms with van der Waals surface area (Å²) in [5.74, 6) is -0.215. The standard InChI is InChI=1S/C21H20F3N3O/c1-15-14-19(21(22,23)24)26-27(15)13-5-12-25-20(28)18-10-8-17(9-11-18)16-6-3-2-4-7-16/h2-4,6-11,14H,5,12-13H2,1H3,(H,25,28). The van der Waals surface area contributed by atoms with Crippen molar-refractivity contribution >= 4 is 5.91 Å². The quantitative estimate of drug-likeness (QED) is 0.624. The zero-order valence-electron chi connectivity index (χ0n) is 15.3. The van der Waals surface area contributed by atoms with Crippen LogP contribution < -0.4 is 5.32 Å². The van der Waals surface area contributed by atoms with Gasteiger partial charge in [0, 0.05) is 24.3 Å². The molecule has 0 aliphatic carbocycles. The van der Waals surface area contributed by atoms with E-state index in [0.717, 1.165) is 17.2 Å². The van der Waals surface area contributed by atoms with E-state index in [1.54, 1.807) is 19.1 Å². The average molecular weight is 387 g/mol. The second-order valence-corrected chi connectivity index (χ2v) is 6.44. The maximum Gasteiger partial charge on any atom is 0.435 e. The molecule has 0 saturated carbocycles. The molecule has 1 heterocycles. The Labute approximate surface area is 161 Å². The maximum absolute atomic E-state index is 12.7. The summed E-state index contributed by atoms with van der Waals surface area (Å²) in [5, 5.41) is 6.36. The number of aryl methyl sites for hydroxylation is 2. The highest BCUT2D eigenvalue weighted by molar-refractivity contribution is 5.94. The monoisotopic (exact) mass is 387 g/mol. The van der Waals surface area contributed by atoms with Crippen molar-refractivity contribution in [3.63, 3.8) is 0 Å². The summed E-state index contributed by atoms with van der Waals surface area (Å²) in [5.41, 5.74) is 2.17. The third kappa shape index (κ3) is 4.79. The number of aromatic nitrogens is 2. The van der Waals surface area contributed by atoms with Gasteiger partial charge in [-0.05, 0) is 42.7 Å². The van der Waals surface area contributed by atoms with Crippen LogP contribution in [0.3, 0.4) is 0 Å². The number of amides is 1. The van der Waals surface area contributed by atoms with Crippen LogP contribution in [0.4, 0.5) is 13.2 Å². The SMILES string of the molecule is Cc1cc(C(F)(F)F)nn1CCCNC(=O)c1ccc(-c2ccccc2)cc1. The summed E-state index contributed by atoms with van der Waals surface area (Å²) in [4.78, 5) is 12.2. The number of nitrogens with zero attached hydrogens (tertiary/aromatic N) is 2.